The smallest absolute Gasteiger partial charge is 0.240 e. The van der Waals surface area contributed by atoms with Crippen molar-refractivity contribution >= 4 is 26.0 Å². The summed E-state index contributed by atoms with van der Waals surface area (Å²) in [7, 11) is -3.70. The van der Waals surface area contributed by atoms with Crippen LogP contribution in [0.25, 0.3) is 5.69 Å². The van der Waals surface area contributed by atoms with Crippen LogP contribution in [-0.2, 0) is 10.0 Å². The van der Waals surface area contributed by atoms with Gasteiger partial charge in [-0.15, -0.1) is 0 Å². The Bertz CT molecular complexity index is 621. The Balaban J connectivity index is 2.47. The van der Waals surface area contributed by atoms with Gasteiger partial charge in [0, 0.05) is 4.47 Å². The van der Waals surface area contributed by atoms with E-state index < -0.39 is 10.0 Å². The first-order valence-corrected chi connectivity index (χ1v) is 6.64. The summed E-state index contributed by atoms with van der Waals surface area (Å²) in [5, 5.41) is 8.92. The molecule has 16 heavy (non-hydrogen) atoms. The number of nitrogens with zero attached hydrogens (tertiary/aromatic N) is 2. The average Bonchev–Trinajstić information content (AvgIpc) is 2.65. The molecule has 0 aliphatic rings. The summed E-state index contributed by atoms with van der Waals surface area (Å²) in [6.45, 7) is 0. The van der Waals surface area contributed by atoms with Crippen molar-refractivity contribution in [3.63, 3.8) is 0 Å². The Morgan fingerprint density at radius 2 is 2.12 bits per heavy atom. The van der Waals surface area contributed by atoms with Crippen molar-refractivity contribution in [1.82, 2.24) is 9.78 Å². The standard InChI is InChI=1S/C9H8BrN3O2S/c10-7-2-1-3-8(4-7)13-6-9(5-12-13)16(11,14)15/h1-6H,(H2,11,14,15). The zero-order valence-electron chi connectivity index (χ0n) is 8.04. The predicted molar refractivity (Wildman–Crippen MR) is 62.6 cm³/mol. The summed E-state index contributed by atoms with van der Waals surface area (Å²) in [5.74, 6) is 0. The number of primary sulfonamides is 1. The molecule has 5 nitrogen and oxygen atoms in total. The predicted octanol–water partition coefficient (Wildman–Crippen LogP) is 1.28. The van der Waals surface area contributed by atoms with Crippen molar-refractivity contribution in [2.45, 2.75) is 4.90 Å². The lowest BCUT2D eigenvalue weighted by Gasteiger charge is -2.00. The molecule has 0 atom stereocenters. The summed E-state index contributed by atoms with van der Waals surface area (Å²) in [5.41, 5.74) is 0.754. The van der Waals surface area contributed by atoms with Gasteiger partial charge in [0.15, 0.2) is 0 Å². The summed E-state index contributed by atoms with van der Waals surface area (Å²) in [6, 6.07) is 7.33. The monoisotopic (exact) mass is 301 g/mol. The minimum absolute atomic E-state index is 0.00697. The van der Waals surface area contributed by atoms with Crippen LogP contribution in [0.4, 0.5) is 0 Å². The van der Waals surface area contributed by atoms with Gasteiger partial charge >= 0.3 is 0 Å². The zero-order valence-corrected chi connectivity index (χ0v) is 10.4. The molecular weight excluding hydrogens is 294 g/mol. The number of halogens is 1. The number of hydrogen-bond acceptors (Lipinski definition) is 3. The van der Waals surface area contributed by atoms with E-state index in [1.807, 2.05) is 24.3 Å². The quantitative estimate of drug-likeness (QED) is 0.907. The lowest BCUT2D eigenvalue weighted by molar-refractivity contribution is 0.598. The van der Waals surface area contributed by atoms with Gasteiger partial charge in [-0.3, -0.25) is 0 Å². The molecule has 0 aliphatic carbocycles. The molecule has 0 amide bonds. The second kappa shape index (κ2) is 4.00. The third kappa shape index (κ3) is 2.31. The van der Waals surface area contributed by atoms with E-state index in [9.17, 15) is 8.42 Å². The van der Waals surface area contributed by atoms with E-state index >= 15 is 0 Å². The highest BCUT2D eigenvalue weighted by atomic mass is 79.9. The van der Waals surface area contributed by atoms with E-state index in [1.54, 1.807) is 0 Å². The zero-order chi connectivity index (χ0) is 11.8. The lowest BCUT2D eigenvalue weighted by Crippen LogP contribution is -2.11. The van der Waals surface area contributed by atoms with E-state index in [0.29, 0.717) is 0 Å². The summed E-state index contributed by atoms with van der Waals surface area (Å²) >= 11 is 3.32. The van der Waals surface area contributed by atoms with Gasteiger partial charge in [0.25, 0.3) is 0 Å². The molecule has 1 aromatic heterocycles. The summed E-state index contributed by atoms with van der Waals surface area (Å²) in [6.07, 6.45) is 2.59. The molecule has 84 valence electrons. The van der Waals surface area contributed by atoms with Crippen LogP contribution >= 0.6 is 15.9 Å². The molecule has 1 aromatic carbocycles. The van der Waals surface area contributed by atoms with E-state index in [0.717, 1.165) is 10.2 Å². The molecule has 0 unspecified atom stereocenters. The molecule has 2 rings (SSSR count). The van der Waals surface area contributed by atoms with Gasteiger partial charge < -0.3 is 0 Å². The molecule has 0 saturated heterocycles. The topological polar surface area (TPSA) is 78.0 Å². The number of sulfonamides is 1. The van der Waals surface area contributed by atoms with Gasteiger partial charge in [0.2, 0.25) is 10.0 Å². The van der Waals surface area contributed by atoms with E-state index in [1.165, 1.54) is 17.1 Å². The Labute approximate surface area is 101 Å². The fourth-order valence-electron chi connectivity index (χ4n) is 1.21. The first-order chi connectivity index (χ1) is 7.47. The first kappa shape index (κ1) is 11.3. The highest BCUT2D eigenvalue weighted by Crippen LogP contribution is 2.16. The lowest BCUT2D eigenvalue weighted by atomic mass is 10.3. The second-order valence-corrected chi connectivity index (χ2v) is 5.62. The molecule has 1 heterocycles. The molecule has 0 spiro atoms. The van der Waals surface area contributed by atoms with Crippen LogP contribution in [-0.4, -0.2) is 18.2 Å². The van der Waals surface area contributed by atoms with Crippen molar-refractivity contribution in [1.29, 1.82) is 0 Å². The molecule has 2 aromatic rings. The van der Waals surface area contributed by atoms with Crippen molar-refractivity contribution in [2.75, 3.05) is 0 Å². The summed E-state index contributed by atoms with van der Waals surface area (Å²) in [4.78, 5) is -0.00697. The van der Waals surface area contributed by atoms with Crippen LogP contribution < -0.4 is 5.14 Å². The molecule has 0 aliphatic heterocycles. The van der Waals surface area contributed by atoms with Gasteiger partial charge in [-0.25, -0.2) is 18.2 Å². The Morgan fingerprint density at radius 1 is 1.38 bits per heavy atom. The Morgan fingerprint density at radius 3 is 2.69 bits per heavy atom. The van der Waals surface area contributed by atoms with Gasteiger partial charge in [-0.1, -0.05) is 22.0 Å². The first-order valence-electron chi connectivity index (χ1n) is 4.30. The van der Waals surface area contributed by atoms with Crippen LogP contribution in [0, 0.1) is 0 Å². The largest absolute Gasteiger partial charge is 0.241 e. The minimum atomic E-state index is -3.70. The Hall–Kier alpha value is -1.18. The SMILES string of the molecule is NS(=O)(=O)c1cnn(-c2cccc(Br)c2)c1. The van der Waals surface area contributed by atoms with Crippen molar-refractivity contribution in [2.24, 2.45) is 5.14 Å². The van der Waals surface area contributed by atoms with Gasteiger partial charge in [0.1, 0.15) is 4.90 Å². The Kier molecular flexibility index (Phi) is 2.83. The van der Waals surface area contributed by atoms with E-state index in [2.05, 4.69) is 21.0 Å². The molecule has 0 saturated carbocycles. The van der Waals surface area contributed by atoms with Crippen LogP contribution in [0.2, 0.25) is 0 Å². The van der Waals surface area contributed by atoms with Crippen molar-refractivity contribution in [3.05, 3.63) is 41.1 Å². The third-order valence-corrected chi connectivity index (χ3v) is 3.32. The normalized spacial score (nSPS) is 11.6. The summed E-state index contributed by atoms with van der Waals surface area (Å²) < 4.78 is 24.5. The van der Waals surface area contributed by atoms with Gasteiger partial charge in [-0.2, -0.15) is 5.10 Å². The maximum atomic E-state index is 11.1. The minimum Gasteiger partial charge on any atom is -0.240 e. The number of hydrogen-bond donors (Lipinski definition) is 1. The van der Waals surface area contributed by atoms with Crippen molar-refractivity contribution in [3.8, 4) is 5.69 Å². The van der Waals surface area contributed by atoms with Crippen molar-refractivity contribution < 1.29 is 8.42 Å². The van der Waals surface area contributed by atoms with Crippen LogP contribution in [0.3, 0.4) is 0 Å². The maximum Gasteiger partial charge on any atom is 0.241 e. The number of nitrogens with two attached hydrogens (primary N) is 1. The molecule has 0 fully saturated rings. The molecule has 7 heteroatoms. The molecule has 0 bridgehead atoms. The average molecular weight is 302 g/mol. The fraction of sp³-hybridized carbons (Fsp3) is 0. The highest BCUT2D eigenvalue weighted by molar-refractivity contribution is 9.10. The van der Waals surface area contributed by atoms with E-state index in [-0.39, 0.29) is 4.90 Å². The van der Waals surface area contributed by atoms with Gasteiger partial charge in [0.05, 0.1) is 18.1 Å². The number of benzene rings is 1. The maximum absolute atomic E-state index is 11.1. The number of aromatic nitrogens is 2. The van der Waals surface area contributed by atoms with Crippen LogP contribution in [0.15, 0.2) is 46.0 Å². The number of rotatable bonds is 2. The van der Waals surface area contributed by atoms with Crippen LogP contribution in [0.1, 0.15) is 0 Å². The highest BCUT2D eigenvalue weighted by Gasteiger charge is 2.11. The molecular formula is C9H8BrN3O2S. The molecule has 2 N–H and O–H groups in total. The fourth-order valence-corrected chi connectivity index (χ4v) is 2.04. The van der Waals surface area contributed by atoms with Gasteiger partial charge in [-0.05, 0) is 18.2 Å². The van der Waals surface area contributed by atoms with E-state index in [4.69, 9.17) is 5.14 Å². The molecule has 0 radical (unpaired) electrons. The third-order valence-electron chi connectivity index (χ3n) is 1.96. The second-order valence-electron chi connectivity index (χ2n) is 3.15. The van der Waals surface area contributed by atoms with Crippen LogP contribution in [0.5, 0.6) is 0 Å².